The Kier molecular flexibility index (Phi) is 4.84. The van der Waals surface area contributed by atoms with E-state index in [4.69, 9.17) is 0 Å². The predicted octanol–water partition coefficient (Wildman–Crippen LogP) is 3.82. The van der Waals surface area contributed by atoms with Crippen molar-refractivity contribution in [3.05, 3.63) is 59.7 Å². The molecule has 2 N–H and O–H groups in total. The molecule has 0 aliphatic carbocycles. The molecule has 6 heterocycles. The summed E-state index contributed by atoms with van der Waals surface area (Å²) < 4.78 is 31.8. The maximum atomic E-state index is 14.9. The molecular weight excluding hydrogens is 462 g/mol. The van der Waals surface area contributed by atoms with Gasteiger partial charge in [0.25, 0.3) is 0 Å². The normalized spacial score (nSPS) is 20.4. The summed E-state index contributed by atoms with van der Waals surface area (Å²) >= 11 is 0. The highest BCUT2D eigenvalue weighted by Crippen LogP contribution is 2.36. The zero-order chi connectivity index (χ0) is 24.4. The number of pyridine rings is 1. The number of aryl methyl sites for hydroxylation is 1. The van der Waals surface area contributed by atoms with Crippen LogP contribution in [-0.4, -0.2) is 55.6 Å². The van der Waals surface area contributed by atoms with Crippen LogP contribution in [0.2, 0.25) is 0 Å². The Hall–Kier alpha value is -3.50. The molecule has 8 nitrogen and oxygen atoms in total. The Bertz CT molecular complexity index is 1470. The number of nitrogens with one attached hydrogen (secondary N) is 2. The number of nitrogens with zero attached hydrogens (tertiary/aromatic N) is 6. The molecule has 2 saturated heterocycles. The minimum absolute atomic E-state index is 0.0308. The number of fused-ring (bicyclic) bond motifs is 3. The van der Waals surface area contributed by atoms with Crippen LogP contribution in [0.3, 0.4) is 0 Å². The van der Waals surface area contributed by atoms with Gasteiger partial charge in [0.15, 0.2) is 11.6 Å². The van der Waals surface area contributed by atoms with Crippen molar-refractivity contribution in [1.29, 1.82) is 0 Å². The van der Waals surface area contributed by atoms with Crippen LogP contribution in [0.1, 0.15) is 30.8 Å². The highest BCUT2D eigenvalue weighted by molar-refractivity contribution is 5.83. The van der Waals surface area contributed by atoms with Gasteiger partial charge >= 0.3 is 0 Å². The van der Waals surface area contributed by atoms with E-state index in [1.54, 1.807) is 6.07 Å². The molecule has 0 radical (unpaired) electrons. The lowest BCUT2D eigenvalue weighted by molar-refractivity contribution is -0.0444. The van der Waals surface area contributed by atoms with Crippen LogP contribution in [-0.2, 0) is 13.0 Å². The van der Waals surface area contributed by atoms with Gasteiger partial charge in [-0.05, 0) is 37.1 Å². The van der Waals surface area contributed by atoms with E-state index in [9.17, 15) is 8.78 Å². The van der Waals surface area contributed by atoms with Crippen molar-refractivity contribution in [2.45, 2.75) is 32.4 Å². The Balaban J connectivity index is 1.12. The molecule has 36 heavy (non-hydrogen) atoms. The molecule has 1 aromatic carbocycles. The third-order valence-electron chi connectivity index (χ3n) is 7.65. The molecule has 0 amide bonds. The van der Waals surface area contributed by atoms with Crippen molar-refractivity contribution >= 4 is 22.8 Å². The first-order valence-corrected chi connectivity index (χ1v) is 12.3. The first kappa shape index (κ1) is 21.8. The maximum absolute atomic E-state index is 14.9. The van der Waals surface area contributed by atoms with E-state index in [0.29, 0.717) is 27.8 Å². The molecule has 1 spiro atoms. The van der Waals surface area contributed by atoms with Crippen LogP contribution in [0, 0.1) is 17.0 Å². The Labute approximate surface area is 206 Å². The summed E-state index contributed by atoms with van der Waals surface area (Å²) in [6.07, 6.45) is 4.70. The zero-order valence-electron chi connectivity index (χ0n) is 19.9. The van der Waals surface area contributed by atoms with Gasteiger partial charge in [-0.15, -0.1) is 0 Å². The van der Waals surface area contributed by atoms with E-state index >= 15 is 0 Å². The molecule has 4 aromatic rings. The van der Waals surface area contributed by atoms with Gasteiger partial charge in [0, 0.05) is 62.4 Å². The molecule has 3 aliphatic heterocycles. The second-order valence-corrected chi connectivity index (χ2v) is 10.4. The van der Waals surface area contributed by atoms with Gasteiger partial charge in [-0.1, -0.05) is 6.07 Å². The third kappa shape index (κ3) is 3.55. The van der Waals surface area contributed by atoms with Gasteiger partial charge in [0.05, 0.1) is 11.7 Å². The molecule has 1 atom stereocenters. The van der Waals surface area contributed by atoms with Gasteiger partial charge in [0.1, 0.15) is 22.9 Å². The molecule has 0 saturated carbocycles. The molecule has 184 valence electrons. The zero-order valence-corrected chi connectivity index (χ0v) is 19.9. The minimum atomic E-state index is -0.620. The molecule has 2 fully saturated rings. The van der Waals surface area contributed by atoms with Gasteiger partial charge in [-0.3, -0.25) is 4.90 Å². The lowest BCUT2D eigenvalue weighted by atomic mass is 9.74. The van der Waals surface area contributed by atoms with Gasteiger partial charge in [0.2, 0.25) is 5.95 Å². The SMILES string of the molecule is CC1CCc2nc3c(F)cc(-c4nc(Nc5ccc(CN6CC7(CNC7)C6)cn5)ncc4F)cc3n21. The Morgan fingerprint density at radius 2 is 1.94 bits per heavy atom. The van der Waals surface area contributed by atoms with E-state index in [-0.39, 0.29) is 17.7 Å². The average Bonchev–Trinajstić information content (AvgIpc) is 3.37. The number of hydrogen-bond acceptors (Lipinski definition) is 7. The lowest BCUT2D eigenvalue weighted by Crippen LogP contribution is -2.70. The molecule has 7 rings (SSSR count). The number of likely N-dealkylation sites (tertiary alicyclic amines) is 1. The lowest BCUT2D eigenvalue weighted by Gasteiger charge is -2.56. The monoisotopic (exact) mass is 488 g/mol. The molecular formula is C26H26F2N8. The van der Waals surface area contributed by atoms with E-state index in [0.717, 1.165) is 63.2 Å². The van der Waals surface area contributed by atoms with E-state index < -0.39 is 11.6 Å². The van der Waals surface area contributed by atoms with Crippen LogP contribution >= 0.6 is 0 Å². The van der Waals surface area contributed by atoms with Crippen molar-refractivity contribution in [3.63, 3.8) is 0 Å². The number of halogens is 2. The van der Waals surface area contributed by atoms with Crippen LogP contribution in [0.4, 0.5) is 20.5 Å². The topological polar surface area (TPSA) is 83.8 Å². The number of anilines is 2. The van der Waals surface area contributed by atoms with Crippen LogP contribution < -0.4 is 10.6 Å². The second-order valence-electron chi connectivity index (χ2n) is 10.4. The summed E-state index contributed by atoms with van der Waals surface area (Å²) in [7, 11) is 0. The predicted molar refractivity (Wildman–Crippen MR) is 132 cm³/mol. The van der Waals surface area contributed by atoms with Crippen molar-refractivity contribution in [2.24, 2.45) is 5.41 Å². The summed E-state index contributed by atoms with van der Waals surface area (Å²) in [5.41, 5.74) is 2.99. The highest BCUT2D eigenvalue weighted by Gasteiger charge is 2.47. The molecule has 10 heteroatoms. The molecule has 3 aromatic heterocycles. The fraction of sp³-hybridized carbons (Fsp3) is 0.385. The first-order valence-electron chi connectivity index (χ1n) is 12.3. The van der Waals surface area contributed by atoms with Crippen LogP contribution in [0.5, 0.6) is 0 Å². The minimum Gasteiger partial charge on any atom is -0.325 e. The number of rotatable bonds is 5. The van der Waals surface area contributed by atoms with Gasteiger partial charge < -0.3 is 15.2 Å². The number of imidazole rings is 1. The average molecular weight is 489 g/mol. The summed E-state index contributed by atoms with van der Waals surface area (Å²) in [6, 6.07) is 7.16. The van der Waals surface area contributed by atoms with E-state index in [1.165, 1.54) is 6.07 Å². The molecule has 1 unspecified atom stereocenters. The molecule has 3 aliphatic rings. The van der Waals surface area contributed by atoms with Crippen molar-refractivity contribution in [2.75, 3.05) is 31.5 Å². The smallest absolute Gasteiger partial charge is 0.229 e. The van der Waals surface area contributed by atoms with E-state index in [2.05, 4.69) is 42.4 Å². The van der Waals surface area contributed by atoms with Gasteiger partial charge in [-0.2, -0.15) is 0 Å². The van der Waals surface area contributed by atoms with Gasteiger partial charge in [-0.25, -0.2) is 28.7 Å². The van der Waals surface area contributed by atoms with Crippen LogP contribution in [0.15, 0.2) is 36.7 Å². The fourth-order valence-corrected chi connectivity index (χ4v) is 5.78. The summed E-state index contributed by atoms with van der Waals surface area (Å²) in [5, 5.41) is 6.40. The second kappa shape index (κ2) is 8.01. The number of aromatic nitrogens is 5. The maximum Gasteiger partial charge on any atom is 0.229 e. The van der Waals surface area contributed by atoms with Crippen LogP contribution in [0.25, 0.3) is 22.3 Å². The fourth-order valence-electron chi connectivity index (χ4n) is 5.78. The quantitative estimate of drug-likeness (QED) is 0.442. The third-order valence-corrected chi connectivity index (χ3v) is 7.65. The highest BCUT2D eigenvalue weighted by atomic mass is 19.1. The van der Waals surface area contributed by atoms with E-state index in [1.807, 2.05) is 22.9 Å². The summed E-state index contributed by atoms with van der Waals surface area (Å²) in [6.45, 7) is 7.44. The van der Waals surface area contributed by atoms with Crippen molar-refractivity contribution in [3.8, 4) is 11.3 Å². The van der Waals surface area contributed by atoms with Crippen molar-refractivity contribution < 1.29 is 8.78 Å². The standard InChI is InChI=1S/C26H26F2N8/c1-15-2-5-22-33-24-18(27)6-17(7-20(24)36(15)22)23-19(28)9-31-25(34-23)32-21-4-3-16(8-30-21)10-35-13-26(14-35)11-29-12-26/h3-4,6-9,15,29H,2,5,10-14H2,1H3,(H,30,31,32,34). The molecule has 0 bridgehead atoms. The Morgan fingerprint density at radius 3 is 2.69 bits per heavy atom. The number of benzene rings is 1. The number of hydrogen-bond donors (Lipinski definition) is 2. The summed E-state index contributed by atoms with van der Waals surface area (Å²) in [5.74, 6) is 0.515. The summed E-state index contributed by atoms with van der Waals surface area (Å²) in [4.78, 5) is 19.8. The Morgan fingerprint density at radius 1 is 1.08 bits per heavy atom. The first-order chi connectivity index (χ1) is 17.5. The largest absolute Gasteiger partial charge is 0.325 e. The van der Waals surface area contributed by atoms with Crippen molar-refractivity contribution in [1.82, 2.24) is 34.7 Å².